The fourth-order valence-corrected chi connectivity index (χ4v) is 2.18. The second-order valence-corrected chi connectivity index (χ2v) is 5.36. The molecule has 0 aromatic heterocycles. The molecule has 0 saturated heterocycles. The summed E-state index contributed by atoms with van der Waals surface area (Å²) in [4.78, 5) is 12.1. The first-order valence-corrected chi connectivity index (χ1v) is 7.98. The smallest absolute Gasteiger partial charge is 0.343 e. The normalized spacial score (nSPS) is 10.5. The first kappa shape index (κ1) is 17.9. The van der Waals surface area contributed by atoms with Gasteiger partial charge in [0.2, 0.25) is 5.82 Å². The van der Waals surface area contributed by atoms with Gasteiger partial charge in [0.05, 0.1) is 12.2 Å². The van der Waals surface area contributed by atoms with Gasteiger partial charge in [-0.05, 0) is 48.7 Å². The second kappa shape index (κ2) is 8.43. The zero-order valence-corrected chi connectivity index (χ0v) is 13.8. The van der Waals surface area contributed by atoms with E-state index in [9.17, 15) is 13.6 Å². The first-order valence-electron chi connectivity index (χ1n) is 7.98. The second-order valence-electron chi connectivity index (χ2n) is 5.36. The molecule has 0 heterocycles. The molecule has 2 aromatic carbocycles. The van der Waals surface area contributed by atoms with Crippen molar-refractivity contribution in [2.45, 2.75) is 33.1 Å². The van der Waals surface area contributed by atoms with E-state index in [1.54, 1.807) is 12.1 Å². The van der Waals surface area contributed by atoms with Gasteiger partial charge in [0.15, 0.2) is 11.6 Å². The van der Waals surface area contributed by atoms with E-state index in [4.69, 9.17) is 9.47 Å². The lowest BCUT2D eigenvalue weighted by atomic mass is 10.1. The van der Waals surface area contributed by atoms with E-state index in [0.717, 1.165) is 6.42 Å². The van der Waals surface area contributed by atoms with E-state index in [1.165, 1.54) is 24.3 Å². The lowest BCUT2D eigenvalue weighted by Gasteiger charge is -2.09. The Labute approximate surface area is 140 Å². The van der Waals surface area contributed by atoms with Gasteiger partial charge in [-0.2, -0.15) is 4.39 Å². The zero-order valence-electron chi connectivity index (χ0n) is 13.8. The summed E-state index contributed by atoms with van der Waals surface area (Å²) in [7, 11) is 0. The predicted octanol–water partition coefficient (Wildman–Crippen LogP) is 4.93. The highest BCUT2D eigenvalue weighted by molar-refractivity contribution is 5.91. The zero-order chi connectivity index (χ0) is 17.5. The Hall–Kier alpha value is -2.43. The number of rotatable bonds is 7. The van der Waals surface area contributed by atoms with Crippen LogP contribution in [0.5, 0.6) is 11.5 Å². The van der Waals surface area contributed by atoms with Gasteiger partial charge in [-0.25, -0.2) is 9.18 Å². The van der Waals surface area contributed by atoms with Gasteiger partial charge >= 0.3 is 5.97 Å². The Kier molecular flexibility index (Phi) is 6.29. The Balaban J connectivity index is 2.10. The fraction of sp³-hybridized carbons (Fsp3) is 0.316. The van der Waals surface area contributed by atoms with Gasteiger partial charge in [-0.15, -0.1) is 0 Å². The van der Waals surface area contributed by atoms with Gasteiger partial charge in [-0.1, -0.05) is 26.3 Å². The van der Waals surface area contributed by atoms with Crippen molar-refractivity contribution < 1.29 is 23.0 Å². The average molecular weight is 334 g/mol. The van der Waals surface area contributed by atoms with Gasteiger partial charge in [0.1, 0.15) is 5.75 Å². The molecule has 24 heavy (non-hydrogen) atoms. The van der Waals surface area contributed by atoms with Gasteiger partial charge < -0.3 is 9.47 Å². The molecule has 0 bridgehead atoms. The van der Waals surface area contributed by atoms with E-state index < -0.39 is 23.4 Å². The lowest BCUT2D eigenvalue weighted by molar-refractivity contribution is 0.0726. The molecule has 0 unspecified atom stereocenters. The number of halogens is 2. The minimum absolute atomic E-state index is 0.233. The van der Waals surface area contributed by atoms with Crippen LogP contribution < -0.4 is 9.47 Å². The highest BCUT2D eigenvalue weighted by Gasteiger charge is 2.17. The summed E-state index contributed by atoms with van der Waals surface area (Å²) in [6, 6.07) is 9.02. The highest BCUT2D eigenvalue weighted by atomic mass is 19.2. The third kappa shape index (κ3) is 4.31. The number of benzene rings is 2. The maximum Gasteiger partial charge on any atom is 0.343 e. The molecule has 0 N–H and O–H groups in total. The SMILES string of the molecule is CCCOc1ccc(C(=O)Oc2ccc(CCC)c(F)c2F)cc1. The van der Waals surface area contributed by atoms with Crippen LogP contribution in [0.2, 0.25) is 0 Å². The average Bonchev–Trinajstić information content (AvgIpc) is 2.60. The Morgan fingerprint density at radius 2 is 1.67 bits per heavy atom. The molecule has 3 nitrogen and oxygen atoms in total. The Morgan fingerprint density at radius 3 is 2.29 bits per heavy atom. The molecule has 0 aliphatic heterocycles. The minimum atomic E-state index is -1.14. The van der Waals surface area contributed by atoms with Gasteiger partial charge in [0.25, 0.3) is 0 Å². The van der Waals surface area contributed by atoms with Gasteiger partial charge in [0, 0.05) is 0 Å². The van der Waals surface area contributed by atoms with Crippen molar-refractivity contribution in [1.82, 2.24) is 0 Å². The molecule has 2 aromatic rings. The van der Waals surface area contributed by atoms with Crippen molar-refractivity contribution in [2.75, 3.05) is 6.61 Å². The van der Waals surface area contributed by atoms with Gasteiger partial charge in [-0.3, -0.25) is 0 Å². The van der Waals surface area contributed by atoms with E-state index in [2.05, 4.69) is 0 Å². The van der Waals surface area contributed by atoms with Crippen molar-refractivity contribution in [3.8, 4) is 11.5 Å². The van der Waals surface area contributed by atoms with Crippen LogP contribution in [-0.2, 0) is 6.42 Å². The summed E-state index contributed by atoms with van der Waals surface area (Å²) in [5.74, 6) is -2.64. The molecule has 0 amide bonds. The number of ether oxygens (including phenoxy) is 2. The molecule has 0 fully saturated rings. The number of carbonyl (C=O) groups excluding carboxylic acids is 1. The molecule has 0 aliphatic carbocycles. The maximum absolute atomic E-state index is 14.0. The quantitative estimate of drug-likeness (QED) is 0.532. The lowest BCUT2D eigenvalue weighted by Crippen LogP contribution is -2.10. The molecule has 128 valence electrons. The van der Waals surface area contributed by atoms with Crippen molar-refractivity contribution in [3.63, 3.8) is 0 Å². The van der Waals surface area contributed by atoms with E-state index in [-0.39, 0.29) is 11.1 Å². The fourth-order valence-electron chi connectivity index (χ4n) is 2.18. The van der Waals surface area contributed by atoms with Crippen LogP contribution >= 0.6 is 0 Å². The van der Waals surface area contributed by atoms with Crippen molar-refractivity contribution in [1.29, 1.82) is 0 Å². The predicted molar refractivity (Wildman–Crippen MR) is 87.5 cm³/mol. The van der Waals surface area contributed by atoms with Crippen LogP contribution in [0, 0.1) is 11.6 Å². The standard InChI is InChI=1S/C19H20F2O3/c1-3-5-13-8-11-16(18(21)17(13)20)24-19(22)14-6-9-15(10-7-14)23-12-4-2/h6-11H,3-5,12H2,1-2H3. The number of esters is 1. The summed E-state index contributed by atoms with van der Waals surface area (Å²) >= 11 is 0. The van der Waals surface area contributed by atoms with E-state index in [1.807, 2.05) is 13.8 Å². The summed E-state index contributed by atoms with van der Waals surface area (Å²) in [5.41, 5.74) is 0.503. The molecule has 2 rings (SSSR count). The minimum Gasteiger partial charge on any atom is -0.494 e. The molecule has 0 radical (unpaired) electrons. The summed E-state index contributed by atoms with van der Waals surface area (Å²) < 4.78 is 38.3. The largest absolute Gasteiger partial charge is 0.494 e. The first-order chi connectivity index (χ1) is 11.6. The Morgan fingerprint density at radius 1 is 0.958 bits per heavy atom. The van der Waals surface area contributed by atoms with Crippen LogP contribution in [0.1, 0.15) is 42.6 Å². The Bertz CT molecular complexity index is 697. The van der Waals surface area contributed by atoms with E-state index >= 15 is 0 Å². The van der Waals surface area contributed by atoms with Crippen LogP contribution in [0.25, 0.3) is 0 Å². The summed E-state index contributed by atoms with van der Waals surface area (Å²) in [6.07, 6.45) is 2.00. The highest BCUT2D eigenvalue weighted by Crippen LogP contribution is 2.24. The molecule has 0 aliphatic rings. The molecule has 0 spiro atoms. The number of carbonyl (C=O) groups is 1. The molecule has 0 saturated carbocycles. The van der Waals surface area contributed by atoms with E-state index in [0.29, 0.717) is 25.2 Å². The monoisotopic (exact) mass is 334 g/mol. The number of hydrogen-bond acceptors (Lipinski definition) is 3. The van der Waals surface area contributed by atoms with Crippen LogP contribution in [0.4, 0.5) is 8.78 Å². The number of hydrogen-bond donors (Lipinski definition) is 0. The topological polar surface area (TPSA) is 35.5 Å². The molecule has 5 heteroatoms. The summed E-state index contributed by atoms with van der Waals surface area (Å²) in [6.45, 7) is 4.45. The maximum atomic E-state index is 14.0. The van der Waals surface area contributed by atoms with Crippen molar-refractivity contribution in [2.24, 2.45) is 0 Å². The molecule has 0 atom stereocenters. The molecular weight excluding hydrogens is 314 g/mol. The van der Waals surface area contributed by atoms with Crippen molar-refractivity contribution >= 4 is 5.97 Å². The third-order valence-electron chi connectivity index (χ3n) is 3.41. The third-order valence-corrected chi connectivity index (χ3v) is 3.41. The van der Waals surface area contributed by atoms with Crippen LogP contribution in [0.15, 0.2) is 36.4 Å². The summed E-state index contributed by atoms with van der Waals surface area (Å²) in [5, 5.41) is 0. The molecular formula is C19H20F2O3. The van der Waals surface area contributed by atoms with Crippen molar-refractivity contribution in [3.05, 3.63) is 59.2 Å². The van der Waals surface area contributed by atoms with Crippen LogP contribution in [0.3, 0.4) is 0 Å². The number of aryl methyl sites for hydroxylation is 1. The van der Waals surface area contributed by atoms with Crippen LogP contribution in [-0.4, -0.2) is 12.6 Å².